The quantitative estimate of drug-likeness (QED) is 0.644. The summed E-state index contributed by atoms with van der Waals surface area (Å²) in [6, 6.07) is 14.8. The Morgan fingerprint density at radius 1 is 1.12 bits per heavy atom. The molecule has 0 spiro atoms. The number of hydrogen-bond donors (Lipinski definition) is 1. The van der Waals surface area contributed by atoms with Crippen molar-refractivity contribution in [3.05, 3.63) is 54.9 Å². The van der Waals surface area contributed by atoms with Gasteiger partial charge in [0.2, 0.25) is 5.91 Å². The molecule has 7 nitrogen and oxygen atoms in total. The third-order valence-electron chi connectivity index (χ3n) is 3.58. The molecule has 0 radical (unpaired) electrons. The van der Waals surface area contributed by atoms with Gasteiger partial charge in [-0.25, -0.2) is 0 Å². The Balaban J connectivity index is 1.65. The Bertz CT molecular complexity index is 880. The number of carbonyl (C=O) groups excluding carboxylic acids is 1. The highest BCUT2D eigenvalue weighted by Crippen LogP contribution is 2.25. The number of nitrogens with one attached hydrogen (secondary N) is 1. The van der Waals surface area contributed by atoms with Crippen LogP contribution >= 0.6 is 11.8 Å². The number of methoxy groups -OCH3 is 2. The fraction of sp³-hybridized carbons (Fsp3) is 0.167. The number of benzene rings is 2. The Kier molecular flexibility index (Phi) is 5.75. The predicted octanol–water partition coefficient (Wildman–Crippen LogP) is 3.02. The minimum atomic E-state index is -0.149. The first-order chi connectivity index (χ1) is 12.7. The predicted molar refractivity (Wildman–Crippen MR) is 100 cm³/mol. The van der Waals surface area contributed by atoms with E-state index in [1.807, 2.05) is 41.0 Å². The molecule has 1 aromatic heterocycles. The summed E-state index contributed by atoms with van der Waals surface area (Å²) in [7, 11) is 3.19. The summed E-state index contributed by atoms with van der Waals surface area (Å²) in [6.07, 6.45) is 1.61. The lowest BCUT2D eigenvalue weighted by Crippen LogP contribution is -2.15. The van der Waals surface area contributed by atoms with E-state index in [1.54, 1.807) is 32.7 Å². The van der Waals surface area contributed by atoms with Gasteiger partial charge in [0.15, 0.2) is 5.16 Å². The van der Waals surface area contributed by atoms with Crippen LogP contribution in [0.25, 0.3) is 5.69 Å². The first-order valence-corrected chi connectivity index (χ1v) is 8.80. The van der Waals surface area contributed by atoms with E-state index in [0.29, 0.717) is 16.6 Å². The number of aromatic nitrogens is 3. The second-order valence-corrected chi connectivity index (χ2v) is 6.16. The first-order valence-electron chi connectivity index (χ1n) is 7.81. The van der Waals surface area contributed by atoms with Crippen molar-refractivity contribution in [1.82, 2.24) is 14.8 Å². The van der Waals surface area contributed by atoms with Crippen LogP contribution in [0.15, 0.2) is 60.0 Å². The number of carbonyl (C=O) groups is 1. The van der Waals surface area contributed by atoms with Crippen LogP contribution in [-0.4, -0.2) is 40.6 Å². The summed E-state index contributed by atoms with van der Waals surface area (Å²) in [5.74, 6) is 1.44. The molecule has 0 bridgehead atoms. The number of thioether (sulfide) groups is 1. The van der Waals surface area contributed by atoms with Gasteiger partial charge in [0.1, 0.15) is 17.8 Å². The maximum atomic E-state index is 12.2. The number of anilines is 1. The number of hydrogen-bond acceptors (Lipinski definition) is 6. The zero-order valence-corrected chi connectivity index (χ0v) is 15.2. The van der Waals surface area contributed by atoms with E-state index in [0.717, 1.165) is 11.4 Å². The minimum absolute atomic E-state index is 0.149. The highest BCUT2D eigenvalue weighted by atomic mass is 32.2. The average Bonchev–Trinajstić information content (AvgIpc) is 3.15. The maximum Gasteiger partial charge on any atom is 0.234 e. The summed E-state index contributed by atoms with van der Waals surface area (Å²) in [6.45, 7) is 0. The lowest BCUT2D eigenvalue weighted by Gasteiger charge is -2.10. The summed E-state index contributed by atoms with van der Waals surface area (Å²) in [4.78, 5) is 12.2. The van der Waals surface area contributed by atoms with Crippen molar-refractivity contribution >= 4 is 23.4 Å². The third-order valence-corrected chi connectivity index (χ3v) is 4.52. The highest BCUT2D eigenvalue weighted by molar-refractivity contribution is 7.99. The molecule has 3 rings (SSSR count). The molecule has 0 saturated carbocycles. The number of para-hydroxylation sites is 2. The lowest BCUT2D eigenvalue weighted by atomic mass is 10.3. The van der Waals surface area contributed by atoms with Gasteiger partial charge in [0, 0.05) is 5.69 Å². The van der Waals surface area contributed by atoms with Gasteiger partial charge in [-0.2, -0.15) is 0 Å². The zero-order chi connectivity index (χ0) is 18.4. The molecule has 1 heterocycles. The van der Waals surface area contributed by atoms with Gasteiger partial charge in [0.05, 0.1) is 25.7 Å². The van der Waals surface area contributed by atoms with Gasteiger partial charge in [-0.05, 0) is 36.4 Å². The molecule has 0 aliphatic heterocycles. The summed E-state index contributed by atoms with van der Waals surface area (Å²) in [5, 5.41) is 11.5. The Morgan fingerprint density at radius 3 is 2.62 bits per heavy atom. The third kappa shape index (κ3) is 4.15. The molecule has 2 aromatic carbocycles. The number of nitrogens with zero attached hydrogens (tertiary/aromatic N) is 3. The van der Waals surface area contributed by atoms with Gasteiger partial charge in [-0.15, -0.1) is 10.2 Å². The van der Waals surface area contributed by atoms with Crippen molar-refractivity contribution in [2.24, 2.45) is 0 Å². The molecular formula is C18H18N4O3S. The first kappa shape index (κ1) is 17.8. The van der Waals surface area contributed by atoms with Gasteiger partial charge < -0.3 is 14.8 Å². The smallest absolute Gasteiger partial charge is 0.234 e. The zero-order valence-electron chi connectivity index (χ0n) is 14.4. The van der Waals surface area contributed by atoms with Gasteiger partial charge in [-0.1, -0.05) is 23.9 Å². The second-order valence-electron chi connectivity index (χ2n) is 5.22. The Hall–Kier alpha value is -3.00. The SMILES string of the molecule is COc1ccc(-n2cnnc2SCC(=O)Nc2ccccc2OC)cc1. The molecule has 26 heavy (non-hydrogen) atoms. The van der Waals surface area contributed by atoms with Crippen LogP contribution in [-0.2, 0) is 4.79 Å². The number of ether oxygens (including phenoxy) is 2. The molecular weight excluding hydrogens is 352 g/mol. The molecule has 0 atom stereocenters. The number of rotatable bonds is 7. The van der Waals surface area contributed by atoms with Gasteiger partial charge in [0.25, 0.3) is 0 Å². The van der Waals surface area contributed by atoms with Crippen LogP contribution < -0.4 is 14.8 Å². The molecule has 8 heteroatoms. The summed E-state index contributed by atoms with van der Waals surface area (Å²) in [5.41, 5.74) is 1.53. The van der Waals surface area contributed by atoms with E-state index >= 15 is 0 Å². The van der Waals surface area contributed by atoms with Crippen LogP contribution in [0.5, 0.6) is 11.5 Å². The number of amides is 1. The van der Waals surface area contributed by atoms with E-state index < -0.39 is 0 Å². The normalized spacial score (nSPS) is 10.4. The van der Waals surface area contributed by atoms with Crippen LogP contribution in [0.2, 0.25) is 0 Å². The van der Waals surface area contributed by atoms with Crippen LogP contribution in [0.1, 0.15) is 0 Å². The van der Waals surface area contributed by atoms with E-state index in [-0.39, 0.29) is 11.7 Å². The Morgan fingerprint density at radius 2 is 1.88 bits per heavy atom. The summed E-state index contributed by atoms with van der Waals surface area (Å²) < 4.78 is 12.2. The van der Waals surface area contributed by atoms with Crippen molar-refractivity contribution in [2.45, 2.75) is 5.16 Å². The molecule has 134 valence electrons. The average molecular weight is 370 g/mol. The van der Waals surface area contributed by atoms with Crippen molar-refractivity contribution in [3.63, 3.8) is 0 Å². The monoisotopic (exact) mass is 370 g/mol. The van der Waals surface area contributed by atoms with Crippen molar-refractivity contribution in [2.75, 3.05) is 25.3 Å². The largest absolute Gasteiger partial charge is 0.497 e. The molecule has 0 saturated heterocycles. The van der Waals surface area contributed by atoms with E-state index in [1.165, 1.54) is 11.8 Å². The van der Waals surface area contributed by atoms with E-state index in [9.17, 15) is 4.79 Å². The van der Waals surface area contributed by atoms with Crippen LogP contribution in [0.3, 0.4) is 0 Å². The van der Waals surface area contributed by atoms with E-state index in [2.05, 4.69) is 15.5 Å². The topological polar surface area (TPSA) is 78.3 Å². The molecule has 3 aromatic rings. The van der Waals surface area contributed by atoms with Gasteiger partial charge >= 0.3 is 0 Å². The maximum absolute atomic E-state index is 12.2. The molecule has 0 aliphatic rings. The fourth-order valence-electron chi connectivity index (χ4n) is 2.31. The van der Waals surface area contributed by atoms with Crippen LogP contribution in [0, 0.1) is 0 Å². The highest BCUT2D eigenvalue weighted by Gasteiger charge is 2.12. The van der Waals surface area contributed by atoms with Crippen molar-refractivity contribution < 1.29 is 14.3 Å². The molecule has 0 unspecified atom stereocenters. The van der Waals surface area contributed by atoms with Crippen molar-refractivity contribution in [3.8, 4) is 17.2 Å². The lowest BCUT2D eigenvalue weighted by molar-refractivity contribution is -0.113. The van der Waals surface area contributed by atoms with Gasteiger partial charge in [-0.3, -0.25) is 9.36 Å². The molecule has 1 amide bonds. The van der Waals surface area contributed by atoms with Crippen molar-refractivity contribution in [1.29, 1.82) is 0 Å². The fourth-order valence-corrected chi connectivity index (χ4v) is 3.04. The molecule has 0 aliphatic carbocycles. The molecule has 0 fully saturated rings. The Labute approximate surface area is 155 Å². The van der Waals surface area contributed by atoms with Crippen LogP contribution in [0.4, 0.5) is 5.69 Å². The summed E-state index contributed by atoms with van der Waals surface area (Å²) >= 11 is 1.30. The van der Waals surface area contributed by atoms with E-state index in [4.69, 9.17) is 9.47 Å². The standard InChI is InChI=1S/C18H18N4O3S/c1-24-14-9-7-13(8-10-14)22-12-19-21-18(22)26-11-17(23)20-15-5-3-4-6-16(15)25-2/h3-10,12H,11H2,1-2H3,(H,20,23). The minimum Gasteiger partial charge on any atom is -0.497 e. The second kappa shape index (κ2) is 8.39. The molecule has 1 N–H and O–H groups in total.